The molecule has 2 unspecified atom stereocenters. The number of nitrogens with zero attached hydrogens (tertiary/aromatic N) is 2. The zero-order valence-electron chi connectivity index (χ0n) is 19.2. The number of hydrogen-bond acceptors (Lipinski definition) is 4. The van der Waals surface area contributed by atoms with Gasteiger partial charge in [0.2, 0.25) is 0 Å². The number of rotatable bonds is 6. The lowest BCUT2D eigenvalue weighted by Gasteiger charge is -2.27. The van der Waals surface area contributed by atoms with E-state index in [1.165, 1.54) is 0 Å². The minimum atomic E-state index is -1.08. The number of aromatic nitrogens is 1. The van der Waals surface area contributed by atoms with Crippen LogP contribution in [0.1, 0.15) is 65.1 Å². The van der Waals surface area contributed by atoms with Crippen LogP contribution in [0.4, 0.5) is 4.79 Å². The highest BCUT2D eigenvalue weighted by Gasteiger charge is 2.53. The Morgan fingerprint density at radius 1 is 1.22 bits per heavy atom. The first-order valence-electron chi connectivity index (χ1n) is 11.2. The Morgan fingerprint density at radius 2 is 1.97 bits per heavy atom. The number of hydrogen-bond donors (Lipinski definition) is 1. The fourth-order valence-corrected chi connectivity index (χ4v) is 5.40. The maximum atomic E-state index is 13.6. The van der Waals surface area contributed by atoms with Gasteiger partial charge in [-0.15, -0.1) is 0 Å². The minimum Gasteiger partial charge on any atom is -0.383 e. The van der Waals surface area contributed by atoms with Crippen LogP contribution in [0, 0.1) is 13.8 Å². The van der Waals surface area contributed by atoms with Crippen molar-refractivity contribution in [2.75, 3.05) is 20.3 Å². The first-order chi connectivity index (χ1) is 15.3. The molecule has 32 heavy (non-hydrogen) atoms. The summed E-state index contributed by atoms with van der Waals surface area (Å²) in [4.78, 5) is 40.8. The summed E-state index contributed by atoms with van der Waals surface area (Å²) >= 11 is 0. The monoisotopic (exact) mass is 437 g/mol. The lowest BCUT2D eigenvalue weighted by atomic mass is 9.84. The maximum Gasteiger partial charge on any atom is 0.325 e. The van der Waals surface area contributed by atoms with Gasteiger partial charge in [-0.1, -0.05) is 24.3 Å². The van der Waals surface area contributed by atoms with Crippen LogP contribution >= 0.6 is 0 Å². The second-order valence-electron chi connectivity index (χ2n) is 8.97. The van der Waals surface area contributed by atoms with E-state index in [4.69, 9.17) is 4.74 Å². The molecule has 1 aromatic heterocycles. The van der Waals surface area contributed by atoms with E-state index in [0.29, 0.717) is 18.6 Å². The number of amides is 3. The molecule has 1 fully saturated rings. The third-order valence-electron chi connectivity index (χ3n) is 6.84. The average Bonchev–Trinajstić information content (AvgIpc) is 3.10. The minimum absolute atomic E-state index is 0.0732. The molecule has 2 atom stereocenters. The summed E-state index contributed by atoms with van der Waals surface area (Å²) in [6, 6.07) is 9.21. The van der Waals surface area contributed by atoms with Crippen LogP contribution in [0.2, 0.25) is 0 Å². The van der Waals surface area contributed by atoms with Crippen LogP contribution in [-0.2, 0) is 21.5 Å². The van der Waals surface area contributed by atoms with Crippen molar-refractivity contribution in [3.05, 3.63) is 58.4 Å². The number of imide groups is 1. The van der Waals surface area contributed by atoms with Gasteiger partial charge < -0.3 is 14.6 Å². The smallest absolute Gasteiger partial charge is 0.325 e. The van der Waals surface area contributed by atoms with Gasteiger partial charge in [0, 0.05) is 24.1 Å². The number of benzene rings is 1. The fraction of sp³-hybridized carbons (Fsp3) is 0.480. The van der Waals surface area contributed by atoms with Crippen molar-refractivity contribution >= 4 is 17.7 Å². The van der Waals surface area contributed by atoms with Gasteiger partial charge in [-0.25, -0.2) is 4.79 Å². The highest BCUT2D eigenvalue weighted by Crippen LogP contribution is 2.39. The number of aryl methyl sites for hydroxylation is 2. The molecule has 1 aliphatic carbocycles. The number of carbonyl (C=O) groups is 3. The lowest BCUT2D eigenvalue weighted by molar-refractivity contribution is -0.131. The Morgan fingerprint density at radius 3 is 2.72 bits per heavy atom. The molecule has 1 aromatic carbocycles. The second-order valence-corrected chi connectivity index (χ2v) is 8.97. The molecule has 0 bridgehead atoms. The van der Waals surface area contributed by atoms with Gasteiger partial charge in [0.25, 0.3) is 5.91 Å². The summed E-state index contributed by atoms with van der Waals surface area (Å²) in [6.07, 6.45) is 3.22. The van der Waals surface area contributed by atoms with Gasteiger partial charge in [-0.05, 0) is 63.6 Å². The summed E-state index contributed by atoms with van der Waals surface area (Å²) in [7, 11) is 1.65. The zero-order chi connectivity index (χ0) is 23.0. The fourth-order valence-electron chi connectivity index (χ4n) is 5.40. The van der Waals surface area contributed by atoms with E-state index in [9.17, 15) is 14.4 Å². The molecule has 1 saturated heterocycles. The molecular formula is C25H31N3O4. The number of ether oxygens (including phenoxy) is 1. The van der Waals surface area contributed by atoms with Crippen molar-refractivity contribution < 1.29 is 19.1 Å². The Balaban J connectivity index is 1.62. The molecule has 170 valence electrons. The van der Waals surface area contributed by atoms with Gasteiger partial charge in [0.05, 0.1) is 19.2 Å². The molecule has 1 spiro atoms. The highest BCUT2D eigenvalue weighted by atomic mass is 16.5. The van der Waals surface area contributed by atoms with E-state index in [0.717, 1.165) is 46.7 Å². The standard InChI is InChI=1S/C25H31N3O4/c1-16-13-20(18(3)28(16)17(2)15-32-4)22(29)14-27-23(30)25(26-24(27)31)12-8-7-10-19-9-5-6-11-21(19)25/h5-6,9,11,13,17H,7-8,10,12,14-15H2,1-4H3,(H,26,31). The third kappa shape index (κ3) is 3.54. The van der Waals surface area contributed by atoms with Gasteiger partial charge in [0.1, 0.15) is 5.54 Å². The molecule has 7 heteroatoms. The van der Waals surface area contributed by atoms with Crippen LogP contribution in [0.3, 0.4) is 0 Å². The summed E-state index contributed by atoms with van der Waals surface area (Å²) < 4.78 is 7.33. The predicted octanol–water partition coefficient (Wildman–Crippen LogP) is 3.67. The van der Waals surface area contributed by atoms with Crippen LogP contribution in [0.15, 0.2) is 30.3 Å². The normalized spacial score (nSPS) is 21.4. The van der Waals surface area contributed by atoms with Crippen molar-refractivity contribution in [1.29, 1.82) is 0 Å². The van der Waals surface area contributed by atoms with Gasteiger partial charge in [-0.2, -0.15) is 0 Å². The Bertz CT molecular complexity index is 1070. The molecular weight excluding hydrogens is 406 g/mol. The van der Waals surface area contributed by atoms with Gasteiger partial charge in [0.15, 0.2) is 5.78 Å². The van der Waals surface area contributed by atoms with Gasteiger partial charge >= 0.3 is 6.03 Å². The zero-order valence-corrected chi connectivity index (χ0v) is 19.2. The van der Waals surface area contributed by atoms with Crippen LogP contribution < -0.4 is 5.32 Å². The van der Waals surface area contributed by atoms with E-state index in [-0.39, 0.29) is 24.3 Å². The van der Waals surface area contributed by atoms with E-state index >= 15 is 0 Å². The van der Waals surface area contributed by atoms with Crippen molar-refractivity contribution in [3.63, 3.8) is 0 Å². The number of ketones is 1. The van der Waals surface area contributed by atoms with E-state index in [2.05, 4.69) is 9.88 Å². The molecule has 2 heterocycles. The first-order valence-corrected chi connectivity index (χ1v) is 11.2. The molecule has 2 aromatic rings. The average molecular weight is 438 g/mol. The SMILES string of the molecule is COCC(C)n1c(C)cc(C(=O)CN2C(=O)NC3(CCCCc4ccccc43)C2=O)c1C. The topological polar surface area (TPSA) is 80.6 Å². The highest BCUT2D eigenvalue weighted by molar-refractivity contribution is 6.11. The van der Waals surface area contributed by atoms with Crippen LogP contribution in [-0.4, -0.2) is 47.4 Å². The maximum absolute atomic E-state index is 13.6. The molecule has 7 nitrogen and oxygen atoms in total. The third-order valence-corrected chi connectivity index (χ3v) is 6.84. The predicted molar refractivity (Wildman–Crippen MR) is 121 cm³/mol. The summed E-state index contributed by atoms with van der Waals surface area (Å²) in [5.41, 5.74) is 3.17. The quantitative estimate of drug-likeness (QED) is 0.552. The number of urea groups is 1. The summed E-state index contributed by atoms with van der Waals surface area (Å²) in [5.74, 6) is -0.566. The molecule has 0 radical (unpaired) electrons. The lowest BCUT2D eigenvalue weighted by Crippen LogP contribution is -2.44. The first kappa shape index (κ1) is 22.3. The van der Waals surface area contributed by atoms with Crippen LogP contribution in [0.5, 0.6) is 0 Å². The molecule has 0 saturated carbocycles. The molecule has 1 N–H and O–H groups in total. The molecule has 2 aliphatic rings. The molecule has 3 amide bonds. The molecule has 4 rings (SSSR count). The van der Waals surface area contributed by atoms with Crippen molar-refractivity contribution in [3.8, 4) is 0 Å². The summed E-state index contributed by atoms with van der Waals surface area (Å²) in [5, 5.41) is 2.95. The van der Waals surface area contributed by atoms with E-state index in [1.807, 2.05) is 51.1 Å². The number of carbonyl (C=O) groups excluding carboxylic acids is 3. The number of Topliss-reactive ketones (excluding diaryl/α,β-unsaturated/α-hetero) is 1. The van der Waals surface area contributed by atoms with Crippen molar-refractivity contribution in [1.82, 2.24) is 14.8 Å². The Labute approximate surface area is 188 Å². The Hall–Kier alpha value is -2.93. The Kier molecular flexibility index (Phi) is 5.95. The second kappa shape index (κ2) is 8.54. The number of fused-ring (bicyclic) bond motifs is 2. The van der Waals surface area contributed by atoms with E-state index in [1.54, 1.807) is 7.11 Å². The van der Waals surface area contributed by atoms with Gasteiger partial charge in [-0.3, -0.25) is 14.5 Å². The largest absolute Gasteiger partial charge is 0.383 e. The van der Waals surface area contributed by atoms with E-state index < -0.39 is 11.6 Å². The van der Waals surface area contributed by atoms with Crippen molar-refractivity contribution in [2.24, 2.45) is 0 Å². The number of methoxy groups -OCH3 is 1. The van der Waals surface area contributed by atoms with Crippen LogP contribution in [0.25, 0.3) is 0 Å². The molecule has 1 aliphatic heterocycles. The number of nitrogens with one attached hydrogen (secondary N) is 1. The summed E-state index contributed by atoms with van der Waals surface area (Å²) in [6.45, 7) is 6.13. The van der Waals surface area contributed by atoms with Crippen molar-refractivity contribution in [2.45, 2.75) is 58.0 Å².